The average Bonchev–Trinajstić information content (AvgIpc) is 2.00. The van der Waals surface area contributed by atoms with Gasteiger partial charge in [0.1, 0.15) is 0 Å². The van der Waals surface area contributed by atoms with E-state index < -0.39 is 0 Å². The maximum atomic E-state index is 7.36. The van der Waals surface area contributed by atoms with Crippen molar-refractivity contribution in [2.75, 3.05) is 13.7 Å². The van der Waals surface area contributed by atoms with Gasteiger partial charge in [0.15, 0.2) is 0 Å². The van der Waals surface area contributed by atoms with E-state index in [0.29, 0.717) is 17.9 Å². The Morgan fingerprint density at radius 2 is 2.27 bits per heavy atom. The van der Waals surface area contributed by atoms with E-state index in [4.69, 9.17) is 10.1 Å². The van der Waals surface area contributed by atoms with Gasteiger partial charge in [-0.25, -0.2) is 0 Å². The van der Waals surface area contributed by atoms with E-state index in [1.54, 1.807) is 25.3 Å². The van der Waals surface area contributed by atoms with Crippen molar-refractivity contribution in [3.05, 3.63) is 37.0 Å². The fraction of sp³-hybridized carbons (Fsp3) is 0.222. The highest BCUT2D eigenvalue weighted by atomic mass is 16.5. The molecule has 0 amide bonds. The molecule has 0 aromatic heterocycles. The Morgan fingerprint density at radius 3 is 2.73 bits per heavy atom. The number of nitrogens with one attached hydrogen (secondary N) is 1. The van der Waals surface area contributed by atoms with Gasteiger partial charge in [-0.3, -0.25) is 0 Å². The van der Waals surface area contributed by atoms with Crippen LogP contribution >= 0.6 is 0 Å². The smallest absolute Gasteiger partial charge is 0.0882 e. The van der Waals surface area contributed by atoms with Gasteiger partial charge in [-0.15, -0.1) is 0 Å². The van der Waals surface area contributed by atoms with Crippen LogP contribution in [0.5, 0.6) is 0 Å². The van der Waals surface area contributed by atoms with E-state index in [1.807, 2.05) is 0 Å². The summed E-state index contributed by atoms with van der Waals surface area (Å²) >= 11 is 0. The highest BCUT2D eigenvalue weighted by Crippen LogP contribution is 1.95. The molecular formula is C9H13NO. The lowest BCUT2D eigenvalue weighted by atomic mass is 10.2. The topological polar surface area (TPSA) is 33.1 Å². The largest absolute Gasteiger partial charge is 0.378 e. The molecule has 0 rings (SSSR count). The third-order valence-corrected chi connectivity index (χ3v) is 1.11. The van der Waals surface area contributed by atoms with Crippen LogP contribution in [-0.2, 0) is 4.74 Å². The zero-order valence-corrected chi connectivity index (χ0v) is 6.76. The quantitative estimate of drug-likeness (QED) is 0.473. The van der Waals surface area contributed by atoms with E-state index in [9.17, 15) is 0 Å². The molecule has 0 unspecified atom stereocenters. The zero-order valence-electron chi connectivity index (χ0n) is 6.76. The van der Waals surface area contributed by atoms with Crippen molar-refractivity contribution in [1.82, 2.24) is 0 Å². The molecule has 1 N–H and O–H groups in total. The lowest BCUT2D eigenvalue weighted by Crippen LogP contribution is -2.05. The summed E-state index contributed by atoms with van der Waals surface area (Å²) < 4.78 is 4.76. The van der Waals surface area contributed by atoms with Crippen molar-refractivity contribution in [1.29, 1.82) is 5.41 Å². The maximum absolute atomic E-state index is 7.36. The summed E-state index contributed by atoms with van der Waals surface area (Å²) in [5, 5.41) is 7.36. The molecule has 0 spiro atoms. The molecule has 0 atom stereocenters. The minimum atomic E-state index is 0.306. The molecule has 0 aliphatic heterocycles. The molecular weight excluding hydrogens is 138 g/mol. The Hall–Kier alpha value is -1.15. The zero-order chi connectivity index (χ0) is 8.69. The number of allylic oxidation sites excluding steroid dienone is 3. The molecule has 0 aliphatic carbocycles. The Bertz CT molecular complexity index is 192. The van der Waals surface area contributed by atoms with E-state index in [0.717, 1.165) is 0 Å². The van der Waals surface area contributed by atoms with Crippen molar-refractivity contribution in [2.45, 2.75) is 0 Å². The van der Waals surface area contributed by atoms with Gasteiger partial charge >= 0.3 is 0 Å². The Balaban J connectivity index is 3.92. The standard InChI is InChI=1S/C9H13NO/c1-4-5-6-8(2)9(10)7-11-3/h4-6,10H,1-2,7H2,3H3/b6-5-,10-9?. The highest BCUT2D eigenvalue weighted by Gasteiger charge is 1.95. The summed E-state index contributed by atoms with van der Waals surface area (Å²) in [6.45, 7) is 7.49. The van der Waals surface area contributed by atoms with Gasteiger partial charge in [-0.05, 0) is 5.57 Å². The fourth-order valence-corrected chi connectivity index (χ4v) is 0.522. The first kappa shape index (κ1) is 9.85. The first-order valence-electron chi connectivity index (χ1n) is 3.27. The van der Waals surface area contributed by atoms with E-state index >= 15 is 0 Å². The number of hydrogen-bond donors (Lipinski definition) is 1. The van der Waals surface area contributed by atoms with Crippen molar-refractivity contribution >= 4 is 5.71 Å². The van der Waals surface area contributed by atoms with Crippen LogP contribution in [0.3, 0.4) is 0 Å². The molecule has 0 saturated carbocycles. The van der Waals surface area contributed by atoms with Crippen molar-refractivity contribution in [3.8, 4) is 0 Å². The molecule has 2 nitrogen and oxygen atoms in total. The van der Waals surface area contributed by atoms with Gasteiger partial charge in [0, 0.05) is 7.11 Å². The van der Waals surface area contributed by atoms with Gasteiger partial charge in [0.05, 0.1) is 12.3 Å². The van der Waals surface area contributed by atoms with Crippen LogP contribution in [0.2, 0.25) is 0 Å². The summed E-state index contributed by atoms with van der Waals surface area (Å²) in [7, 11) is 1.55. The predicted octanol–water partition coefficient (Wildman–Crippen LogP) is 1.95. The molecule has 0 aliphatic rings. The SMILES string of the molecule is C=C/C=C\C(=C)C(=N)COC. The van der Waals surface area contributed by atoms with Gasteiger partial charge in [-0.2, -0.15) is 0 Å². The molecule has 0 aromatic carbocycles. The summed E-state index contributed by atoms with van der Waals surface area (Å²) in [6.07, 6.45) is 5.12. The normalized spacial score (nSPS) is 9.91. The fourth-order valence-electron chi connectivity index (χ4n) is 0.522. The second-order valence-electron chi connectivity index (χ2n) is 2.03. The summed E-state index contributed by atoms with van der Waals surface area (Å²) in [5.74, 6) is 0. The van der Waals surface area contributed by atoms with Crippen molar-refractivity contribution in [2.24, 2.45) is 0 Å². The van der Waals surface area contributed by atoms with E-state index in [1.165, 1.54) is 0 Å². The lowest BCUT2D eigenvalue weighted by molar-refractivity contribution is 0.245. The first-order chi connectivity index (χ1) is 5.22. The lowest BCUT2D eigenvalue weighted by Gasteiger charge is -1.99. The molecule has 0 radical (unpaired) electrons. The monoisotopic (exact) mass is 151 g/mol. The first-order valence-corrected chi connectivity index (χ1v) is 3.27. The molecule has 0 saturated heterocycles. The summed E-state index contributed by atoms with van der Waals surface area (Å²) in [5.41, 5.74) is 1.05. The minimum absolute atomic E-state index is 0.306. The average molecular weight is 151 g/mol. The van der Waals surface area contributed by atoms with Gasteiger partial charge in [-0.1, -0.05) is 31.4 Å². The van der Waals surface area contributed by atoms with Crippen molar-refractivity contribution < 1.29 is 4.74 Å². The van der Waals surface area contributed by atoms with Crippen LogP contribution in [0, 0.1) is 5.41 Å². The number of rotatable bonds is 5. The Labute approximate surface area is 67.4 Å². The van der Waals surface area contributed by atoms with E-state index in [-0.39, 0.29) is 0 Å². The van der Waals surface area contributed by atoms with Crippen LogP contribution < -0.4 is 0 Å². The second-order valence-corrected chi connectivity index (χ2v) is 2.03. The van der Waals surface area contributed by atoms with Crippen LogP contribution in [0.4, 0.5) is 0 Å². The predicted molar refractivity (Wildman–Crippen MR) is 48.1 cm³/mol. The molecule has 0 fully saturated rings. The number of hydrogen-bond acceptors (Lipinski definition) is 2. The second kappa shape index (κ2) is 5.62. The van der Waals surface area contributed by atoms with Gasteiger partial charge in [0.2, 0.25) is 0 Å². The molecule has 0 aromatic rings. The Morgan fingerprint density at radius 1 is 1.64 bits per heavy atom. The highest BCUT2D eigenvalue weighted by molar-refractivity contribution is 6.00. The number of methoxy groups -OCH3 is 1. The maximum Gasteiger partial charge on any atom is 0.0882 e. The van der Waals surface area contributed by atoms with Crippen LogP contribution in [0.15, 0.2) is 37.0 Å². The summed E-state index contributed by atoms with van der Waals surface area (Å²) in [4.78, 5) is 0. The number of ether oxygens (including phenoxy) is 1. The summed E-state index contributed by atoms with van der Waals surface area (Å²) in [6, 6.07) is 0. The minimum Gasteiger partial charge on any atom is -0.378 e. The van der Waals surface area contributed by atoms with Crippen LogP contribution in [0.1, 0.15) is 0 Å². The molecule has 11 heavy (non-hydrogen) atoms. The van der Waals surface area contributed by atoms with E-state index in [2.05, 4.69) is 13.2 Å². The third kappa shape index (κ3) is 4.28. The van der Waals surface area contributed by atoms with Gasteiger partial charge < -0.3 is 10.1 Å². The third-order valence-electron chi connectivity index (χ3n) is 1.11. The molecule has 0 bridgehead atoms. The van der Waals surface area contributed by atoms with Gasteiger partial charge in [0.25, 0.3) is 0 Å². The molecule has 0 heterocycles. The Kier molecular flexibility index (Phi) is 5.03. The van der Waals surface area contributed by atoms with Crippen LogP contribution in [0.25, 0.3) is 0 Å². The van der Waals surface area contributed by atoms with Crippen LogP contribution in [-0.4, -0.2) is 19.4 Å². The van der Waals surface area contributed by atoms with Crippen molar-refractivity contribution in [3.63, 3.8) is 0 Å². The molecule has 2 heteroatoms. The molecule has 60 valence electrons.